The van der Waals surface area contributed by atoms with Crippen LogP contribution in [0.2, 0.25) is 0 Å². The summed E-state index contributed by atoms with van der Waals surface area (Å²) in [7, 11) is -3.73. The van der Waals surface area contributed by atoms with Gasteiger partial charge >= 0.3 is 5.97 Å². The topological polar surface area (TPSA) is 95.9 Å². The van der Waals surface area contributed by atoms with Crippen molar-refractivity contribution in [3.8, 4) is 0 Å². The summed E-state index contributed by atoms with van der Waals surface area (Å²) in [6.07, 6.45) is 0.690. The standard InChI is InChI=1S/C16H24N2O5S/c1-12-10-14(16(19)20)11-15(13(12)2)24(21,22)17-4-3-5-18-6-8-23-9-7-18/h10-11,17H,3-9H2,1-2H3,(H,19,20). The quantitative estimate of drug-likeness (QED) is 0.708. The van der Waals surface area contributed by atoms with Crippen LogP contribution in [-0.2, 0) is 14.8 Å². The summed E-state index contributed by atoms with van der Waals surface area (Å²) in [6, 6.07) is 2.70. The molecule has 0 aromatic heterocycles. The number of carboxylic acids is 1. The third-order valence-corrected chi connectivity index (χ3v) is 5.79. The van der Waals surface area contributed by atoms with E-state index in [0.717, 1.165) is 19.6 Å². The molecule has 2 rings (SSSR count). The number of morpholine rings is 1. The Balaban J connectivity index is 2.00. The molecule has 0 atom stereocenters. The molecule has 0 unspecified atom stereocenters. The Morgan fingerprint density at radius 2 is 1.96 bits per heavy atom. The molecular weight excluding hydrogens is 332 g/mol. The van der Waals surface area contributed by atoms with Gasteiger partial charge in [0.25, 0.3) is 0 Å². The second kappa shape index (κ2) is 8.06. The lowest BCUT2D eigenvalue weighted by Gasteiger charge is -2.26. The largest absolute Gasteiger partial charge is 0.478 e. The first-order chi connectivity index (χ1) is 11.3. The lowest BCUT2D eigenvalue weighted by molar-refractivity contribution is 0.0376. The lowest BCUT2D eigenvalue weighted by Crippen LogP contribution is -2.38. The van der Waals surface area contributed by atoms with Gasteiger partial charge in [-0.25, -0.2) is 17.9 Å². The molecule has 1 heterocycles. The highest BCUT2D eigenvalue weighted by molar-refractivity contribution is 7.89. The fourth-order valence-electron chi connectivity index (χ4n) is 2.64. The minimum absolute atomic E-state index is 0.0215. The molecule has 0 saturated carbocycles. The minimum atomic E-state index is -3.73. The number of nitrogens with zero attached hydrogens (tertiary/aromatic N) is 1. The number of hydrogen-bond acceptors (Lipinski definition) is 5. The summed E-state index contributed by atoms with van der Waals surface area (Å²) in [5, 5.41) is 9.12. The fraction of sp³-hybridized carbons (Fsp3) is 0.562. The second-order valence-corrected chi connectivity index (χ2v) is 7.66. The van der Waals surface area contributed by atoms with E-state index < -0.39 is 16.0 Å². The van der Waals surface area contributed by atoms with Gasteiger partial charge in [-0.05, 0) is 50.1 Å². The van der Waals surface area contributed by atoms with Crippen LogP contribution in [0.4, 0.5) is 0 Å². The van der Waals surface area contributed by atoms with Gasteiger partial charge in [0.05, 0.1) is 23.7 Å². The van der Waals surface area contributed by atoms with Crippen molar-refractivity contribution in [2.45, 2.75) is 25.2 Å². The third kappa shape index (κ3) is 4.76. The molecule has 1 aliphatic heterocycles. The Kier molecular flexibility index (Phi) is 6.34. The van der Waals surface area contributed by atoms with Crippen LogP contribution in [0, 0.1) is 13.8 Å². The monoisotopic (exact) mass is 356 g/mol. The molecule has 2 N–H and O–H groups in total. The Labute approximate surface area is 142 Å². The number of aromatic carboxylic acids is 1. The highest BCUT2D eigenvalue weighted by Crippen LogP contribution is 2.21. The first-order valence-corrected chi connectivity index (χ1v) is 9.44. The van der Waals surface area contributed by atoms with E-state index >= 15 is 0 Å². The van der Waals surface area contributed by atoms with Crippen molar-refractivity contribution in [3.05, 3.63) is 28.8 Å². The van der Waals surface area contributed by atoms with E-state index in [2.05, 4.69) is 9.62 Å². The van der Waals surface area contributed by atoms with Crippen LogP contribution < -0.4 is 4.72 Å². The zero-order valence-corrected chi connectivity index (χ0v) is 14.9. The maximum absolute atomic E-state index is 12.5. The number of ether oxygens (including phenoxy) is 1. The molecule has 1 aliphatic rings. The maximum Gasteiger partial charge on any atom is 0.335 e. The van der Waals surface area contributed by atoms with Gasteiger partial charge in [-0.3, -0.25) is 4.90 Å². The normalized spacial score (nSPS) is 16.2. The molecule has 1 aromatic carbocycles. The van der Waals surface area contributed by atoms with Crippen molar-refractivity contribution in [1.82, 2.24) is 9.62 Å². The first kappa shape index (κ1) is 18.9. The van der Waals surface area contributed by atoms with Crippen LogP contribution in [-0.4, -0.2) is 63.8 Å². The van der Waals surface area contributed by atoms with Gasteiger partial charge in [0.2, 0.25) is 10.0 Å². The van der Waals surface area contributed by atoms with E-state index in [-0.39, 0.29) is 10.5 Å². The molecule has 24 heavy (non-hydrogen) atoms. The van der Waals surface area contributed by atoms with Crippen LogP contribution in [0.5, 0.6) is 0 Å². The van der Waals surface area contributed by atoms with Gasteiger partial charge in [-0.1, -0.05) is 0 Å². The average molecular weight is 356 g/mol. The first-order valence-electron chi connectivity index (χ1n) is 7.95. The van der Waals surface area contributed by atoms with E-state index in [0.29, 0.717) is 37.3 Å². The Morgan fingerprint density at radius 3 is 2.58 bits per heavy atom. The van der Waals surface area contributed by atoms with Gasteiger partial charge in [0, 0.05) is 19.6 Å². The van der Waals surface area contributed by atoms with Gasteiger partial charge in [-0.2, -0.15) is 0 Å². The molecule has 7 nitrogen and oxygen atoms in total. The summed E-state index contributed by atoms with van der Waals surface area (Å²) >= 11 is 0. The van der Waals surface area contributed by atoms with Crippen LogP contribution in [0.3, 0.4) is 0 Å². The molecule has 0 amide bonds. The van der Waals surface area contributed by atoms with Crippen molar-refractivity contribution in [3.63, 3.8) is 0 Å². The predicted octanol–water partition coefficient (Wildman–Crippen LogP) is 1.00. The SMILES string of the molecule is Cc1cc(C(=O)O)cc(S(=O)(=O)NCCCN2CCOCC2)c1C. The third-order valence-electron chi connectivity index (χ3n) is 4.20. The fourth-order valence-corrected chi connectivity index (χ4v) is 4.06. The number of carboxylic acid groups (broad SMARTS) is 1. The Hall–Kier alpha value is -1.48. The average Bonchev–Trinajstić information content (AvgIpc) is 2.54. The number of carbonyl (C=O) groups is 1. The van der Waals surface area contributed by atoms with Gasteiger partial charge < -0.3 is 9.84 Å². The summed E-state index contributed by atoms with van der Waals surface area (Å²) in [5.74, 6) is -1.14. The molecule has 0 spiro atoms. The van der Waals surface area contributed by atoms with Crippen LogP contribution in [0.15, 0.2) is 17.0 Å². The van der Waals surface area contributed by atoms with E-state index in [9.17, 15) is 13.2 Å². The summed E-state index contributed by atoms with van der Waals surface area (Å²) in [5.41, 5.74) is 1.19. The summed E-state index contributed by atoms with van der Waals surface area (Å²) in [4.78, 5) is 13.4. The smallest absolute Gasteiger partial charge is 0.335 e. The van der Waals surface area contributed by atoms with Crippen molar-refractivity contribution in [2.24, 2.45) is 0 Å². The molecule has 0 bridgehead atoms. The highest BCUT2D eigenvalue weighted by atomic mass is 32.2. The van der Waals surface area contributed by atoms with Crippen molar-refractivity contribution in [2.75, 3.05) is 39.4 Å². The van der Waals surface area contributed by atoms with Crippen molar-refractivity contribution >= 4 is 16.0 Å². The number of rotatable bonds is 7. The number of nitrogens with one attached hydrogen (secondary N) is 1. The number of aryl methyl sites for hydroxylation is 1. The maximum atomic E-state index is 12.5. The van der Waals surface area contributed by atoms with Crippen LogP contribution >= 0.6 is 0 Å². The van der Waals surface area contributed by atoms with Gasteiger partial charge in [-0.15, -0.1) is 0 Å². The number of benzene rings is 1. The zero-order chi connectivity index (χ0) is 17.7. The molecule has 0 radical (unpaired) electrons. The van der Waals surface area contributed by atoms with E-state index in [1.807, 2.05) is 0 Å². The lowest BCUT2D eigenvalue weighted by atomic mass is 10.1. The molecule has 0 aliphatic carbocycles. The number of sulfonamides is 1. The second-order valence-electron chi connectivity index (χ2n) is 5.93. The van der Waals surface area contributed by atoms with E-state index in [1.165, 1.54) is 12.1 Å². The van der Waals surface area contributed by atoms with Crippen molar-refractivity contribution in [1.29, 1.82) is 0 Å². The van der Waals surface area contributed by atoms with Gasteiger partial charge in [0.15, 0.2) is 0 Å². The zero-order valence-electron chi connectivity index (χ0n) is 14.0. The van der Waals surface area contributed by atoms with Crippen molar-refractivity contribution < 1.29 is 23.1 Å². The molecule has 1 fully saturated rings. The molecule has 134 valence electrons. The van der Waals surface area contributed by atoms with E-state index in [1.54, 1.807) is 13.8 Å². The summed E-state index contributed by atoms with van der Waals surface area (Å²) < 4.78 is 32.8. The highest BCUT2D eigenvalue weighted by Gasteiger charge is 2.20. The molecule has 8 heteroatoms. The summed E-state index contributed by atoms with van der Waals surface area (Å²) in [6.45, 7) is 7.67. The Bertz CT molecular complexity index is 697. The molecule has 1 aromatic rings. The predicted molar refractivity (Wildman–Crippen MR) is 89.9 cm³/mol. The van der Waals surface area contributed by atoms with Crippen LogP contribution in [0.25, 0.3) is 0 Å². The number of hydrogen-bond donors (Lipinski definition) is 2. The minimum Gasteiger partial charge on any atom is -0.478 e. The van der Waals surface area contributed by atoms with Crippen LogP contribution in [0.1, 0.15) is 27.9 Å². The molecule has 1 saturated heterocycles. The van der Waals surface area contributed by atoms with E-state index in [4.69, 9.17) is 9.84 Å². The Morgan fingerprint density at radius 1 is 1.29 bits per heavy atom. The van der Waals surface area contributed by atoms with Gasteiger partial charge in [0.1, 0.15) is 0 Å². The molecular formula is C16H24N2O5S.